The molecule has 0 aliphatic heterocycles. The van der Waals surface area contributed by atoms with E-state index in [4.69, 9.17) is 0 Å². The lowest BCUT2D eigenvalue weighted by Gasteiger charge is -2.11. The van der Waals surface area contributed by atoms with Crippen LogP contribution >= 0.6 is 0 Å². The van der Waals surface area contributed by atoms with Crippen LogP contribution in [-0.4, -0.2) is 38.7 Å². The van der Waals surface area contributed by atoms with Gasteiger partial charge >= 0.3 is 12.4 Å². The number of hydrogen-bond donors (Lipinski definition) is 1. The summed E-state index contributed by atoms with van der Waals surface area (Å²) in [6.07, 6.45) is -8.74. The van der Waals surface area contributed by atoms with Gasteiger partial charge in [-0.05, 0) is 30.3 Å². The molecule has 0 atom stereocenters. The van der Waals surface area contributed by atoms with Crippen molar-refractivity contribution in [2.24, 2.45) is 0 Å². The fraction of sp³-hybridized carbons (Fsp3) is 0.176. The zero-order valence-corrected chi connectivity index (χ0v) is 15.0. The molecule has 7 nitrogen and oxygen atoms in total. The van der Waals surface area contributed by atoms with Gasteiger partial charge in [0.2, 0.25) is 5.88 Å². The summed E-state index contributed by atoms with van der Waals surface area (Å²) in [5.74, 6) is -2.40. The third-order valence-electron chi connectivity index (χ3n) is 3.60. The van der Waals surface area contributed by atoms with E-state index in [-0.39, 0.29) is 11.4 Å². The second-order valence-electron chi connectivity index (χ2n) is 5.92. The third kappa shape index (κ3) is 5.46. The predicted octanol–water partition coefficient (Wildman–Crippen LogP) is 4.01. The van der Waals surface area contributed by atoms with Crippen LogP contribution in [0.25, 0.3) is 5.69 Å². The molecule has 14 heteroatoms. The Balaban J connectivity index is 1.82. The molecular formula is C17H10F7N5O2. The number of nitrogens with zero attached hydrogens (tertiary/aromatic N) is 4. The average molecular weight is 449 g/mol. The second-order valence-corrected chi connectivity index (χ2v) is 5.92. The summed E-state index contributed by atoms with van der Waals surface area (Å²) < 4.78 is 94.8. The van der Waals surface area contributed by atoms with Crippen LogP contribution in [0.5, 0.6) is 5.88 Å². The number of nitrogens with one attached hydrogen (secondary N) is 1. The highest BCUT2D eigenvalue weighted by Gasteiger charge is 2.42. The Morgan fingerprint density at radius 3 is 2.26 bits per heavy atom. The Morgan fingerprint density at radius 2 is 1.71 bits per heavy atom. The van der Waals surface area contributed by atoms with Gasteiger partial charge in [0.1, 0.15) is 5.82 Å². The van der Waals surface area contributed by atoms with Gasteiger partial charge in [0.05, 0.1) is 17.6 Å². The molecule has 0 unspecified atom stereocenters. The van der Waals surface area contributed by atoms with Crippen molar-refractivity contribution in [2.45, 2.75) is 12.4 Å². The Bertz CT molecular complexity index is 1060. The zero-order valence-electron chi connectivity index (χ0n) is 15.0. The molecule has 0 fully saturated rings. The number of aromatic nitrogens is 4. The summed E-state index contributed by atoms with van der Waals surface area (Å²) in [4.78, 5) is 15.9. The Hall–Kier alpha value is -3.71. The molecule has 1 aromatic carbocycles. The van der Waals surface area contributed by atoms with Gasteiger partial charge in [0.25, 0.3) is 5.91 Å². The quantitative estimate of drug-likeness (QED) is 0.596. The van der Waals surface area contributed by atoms with Crippen molar-refractivity contribution in [3.8, 4) is 11.6 Å². The number of halogens is 7. The highest BCUT2D eigenvalue weighted by atomic mass is 19.4. The maximum Gasteiger partial charge on any atom is 0.435 e. The number of ether oxygens (including phenoxy) is 1. The molecule has 1 amide bonds. The van der Waals surface area contributed by atoms with E-state index in [1.165, 1.54) is 0 Å². The first-order valence-electron chi connectivity index (χ1n) is 8.20. The molecule has 0 radical (unpaired) electrons. The smallest absolute Gasteiger partial charge is 0.435 e. The maximum absolute atomic E-state index is 13.6. The van der Waals surface area contributed by atoms with Crippen molar-refractivity contribution >= 4 is 11.6 Å². The molecule has 2 heterocycles. The zero-order chi connectivity index (χ0) is 22.8. The Morgan fingerprint density at radius 1 is 1.03 bits per heavy atom. The lowest BCUT2D eigenvalue weighted by Crippen LogP contribution is -2.21. The van der Waals surface area contributed by atoms with E-state index >= 15 is 0 Å². The van der Waals surface area contributed by atoms with Crippen LogP contribution in [0.2, 0.25) is 0 Å². The standard InChI is InChI=1S/C17H10F7N5O2/c18-9-1-4-11(5-2-9)29-14(17(22,23)24)13(27-28-29)15(30)26-10-3-6-12(25-7-10)31-8-16(19,20)21/h1-7H,8H2,(H,26,30). The lowest BCUT2D eigenvalue weighted by atomic mass is 10.2. The average Bonchev–Trinajstić information content (AvgIpc) is 3.13. The summed E-state index contributed by atoms with van der Waals surface area (Å²) in [5.41, 5.74) is -2.90. The number of anilines is 1. The summed E-state index contributed by atoms with van der Waals surface area (Å²) >= 11 is 0. The number of carbonyl (C=O) groups excluding carboxylic acids is 1. The van der Waals surface area contributed by atoms with Crippen molar-refractivity contribution < 1.29 is 40.3 Å². The summed E-state index contributed by atoms with van der Waals surface area (Å²) in [5, 5.41) is 8.69. The minimum Gasteiger partial charge on any atom is -0.468 e. The number of alkyl halides is 6. The first kappa shape index (κ1) is 22.0. The molecule has 0 saturated heterocycles. The van der Waals surface area contributed by atoms with Gasteiger partial charge in [0, 0.05) is 6.07 Å². The van der Waals surface area contributed by atoms with E-state index in [1.807, 2.05) is 0 Å². The van der Waals surface area contributed by atoms with Gasteiger partial charge in [0.15, 0.2) is 18.0 Å². The van der Waals surface area contributed by atoms with E-state index < -0.39 is 48.0 Å². The van der Waals surface area contributed by atoms with Gasteiger partial charge in [-0.15, -0.1) is 5.10 Å². The van der Waals surface area contributed by atoms with Crippen LogP contribution in [0.15, 0.2) is 42.6 Å². The number of amides is 1. The van der Waals surface area contributed by atoms with Crippen LogP contribution < -0.4 is 10.1 Å². The third-order valence-corrected chi connectivity index (χ3v) is 3.60. The minimum absolute atomic E-state index is 0.131. The number of rotatable bonds is 5. The van der Waals surface area contributed by atoms with E-state index in [9.17, 15) is 35.5 Å². The van der Waals surface area contributed by atoms with Crippen LogP contribution in [-0.2, 0) is 6.18 Å². The Kier molecular flexibility index (Phi) is 5.81. The van der Waals surface area contributed by atoms with Crippen LogP contribution in [0.3, 0.4) is 0 Å². The Labute approximate surface area is 168 Å². The van der Waals surface area contributed by atoms with E-state index in [0.717, 1.165) is 42.6 Å². The summed E-state index contributed by atoms with van der Waals surface area (Å²) in [6, 6.07) is 5.92. The lowest BCUT2D eigenvalue weighted by molar-refractivity contribution is -0.154. The molecule has 0 saturated carbocycles. The van der Waals surface area contributed by atoms with Crippen LogP contribution in [0, 0.1) is 5.82 Å². The van der Waals surface area contributed by atoms with Crippen molar-refractivity contribution in [1.82, 2.24) is 20.0 Å². The summed E-state index contributed by atoms with van der Waals surface area (Å²) in [6.45, 7) is -1.59. The van der Waals surface area contributed by atoms with Crippen LogP contribution in [0.1, 0.15) is 16.2 Å². The molecule has 2 aromatic heterocycles. The topological polar surface area (TPSA) is 81.9 Å². The molecule has 0 bridgehead atoms. The van der Waals surface area contributed by atoms with Crippen LogP contribution in [0.4, 0.5) is 36.4 Å². The predicted molar refractivity (Wildman–Crippen MR) is 90.1 cm³/mol. The fourth-order valence-electron chi connectivity index (χ4n) is 2.34. The van der Waals surface area contributed by atoms with Gasteiger partial charge in [-0.1, -0.05) is 5.21 Å². The van der Waals surface area contributed by atoms with E-state index in [0.29, 0.717) is 4.68 Å². The maximum atomic E-state index is 13.6. The molecular weight excluding hydrogens is 439 g/mol. The first-order valence-corrected chi connectivity index (χ1v) is 8.20. The highest BCUT2D eigenvalue weighted by Crippen LogP contribution is 2.33. The van der Waals surface area contributed by atoms with Crippen molar-refractivity contribution in [3.05, 3.63) is 59.8 Å². The molecule has 31 heavy (non-hydrogen) atoms. The number of pyridine rings is 1. The molecule has 0 spiro atoms. The van der Waals surface area contributed by atoms with Crippen molar-refractivity contribution in [3.63, 3.8) is 0 Å². The van der Waals surface area contributed by atoms with Gasteiger partial charge in [-0.25, -0.2) is 14.1 Å². The molecule has 0 aliphatic rings. The van der Waals surface area contributed by atoms with E-state index in [2.05, 4.69) is 25.3 Å². The number of hydrogen-bond acceptors (Lipinski definition) is 5. The normalized spacial score (nSPS) is 12.0. The molecule has 3 aromatic rings. The second kappa shape index (κ2) is 8.20. The number of benzene rings is 1. The van der Waals surface area contributed by atoms with Gasteiger partial charge in [-0.3, -0.25) is 4.79 Å². The van der Waals surface area contributed by atoms with Gasteiger partial charge in [-0.2, -0.15) is 26.3 Å². The molecule has 3 rings (SSSR count). The molecule has 0 aliphatic carbocycles. The monoisotopic (exact) mass is 449 g/mol. The van der Waals surface area contributed by atoms with Gasteiger partial charge < -0.3 is 10.1 Å². The number of carbonyl (C=O) groups is 1. The molecule has 164 valence electrons. The SMILES string of the molecule is O=C(Nc1ccc(OCC(F)(F)F)nc1)c1nnn(-c2ccc(F)cc2)c1C(F)(F)F. The van der Waals surface area contributed by atoms with E-state index in [1.54, 1.807) is 0 Å². The van der Waals surface area contributed by atoms with Crippen molar-refractivity contribution in [1.29, 1.82) is 0 Å². The summed E-state index contributed by atoms with van der Waals surface area (Å²) in [7, 11) is 0. The van der Waals surface area contributed by atoms with Crippen molar-refractivity contribution in [2.75, 3.05) is 11.9 Å². The minimum atomic E-state index is -5.04. The fourth-order valence-corrected chi connectivity index (χ4v) is 2.34. The highest BCUT2D eigenvalue weighted by molar-refractivity contribution is 6.03. The molecule has 1 N–H and O–H groups in total. The largest absolute Gasteiger partial charge is 0.468 e. The first-order chi connectivity index (χ1) is 14.4.